The average Bonchev–Trinajstić information content (AvgIpc) is 2.78. The van der Waals surface area contributed by atoms with Crippen LogP contribution in [0.1, 0.15) is 39.1 Å². The molecule has 2 heteroatoms. The van der Waals surface area contributed by atoms with Crippen molar-refractivity contribution < 1.29 is 4.57 Å². The van der Waals surface area contributed by atoms with Crippen molar-refractivity contribution in [3.63, 3.8) is 0 Å². The molecule has 0 bridgehead atoms. The number of rotatable bonds is 2. The summed E-state index contributed by atoms with van der Waals surface area (Å²) in [4.78, 5) is 0. The minimum absolute atomic E-state index is 1.24. The predicted octanol–water partition coefficient (Wildman–Crippen LogP) is 4.91. The van der Waals surface area contributed by atoms with Crippen molar-refractivity contribution in [3.05, 3.63) is 75.9 Å². The minimum atomic E-state index is 1.24. The van der Waals surface area contributed by atoms with Crippen LogP contribution < -0.4 is 4.57 Å². The van der Waals surface area contributed by atoms with E-state index in [-0.39, 0.29) is 0 Å². The highest BCUT2D eigenvalue weighted by atomic mass is 15.1. The molecule has 1 aromatic heterocycles. The van der Waals surface area contributed by atoms with Crippen LogP contribution in [0.4, 0.5) is 0 Å². The summed E-state index contributed by atoms with van der Waals surface area (Å²) in [6, 6.07) is 9.03. The molecule has 0 aliphatic carbocycles. The van der Waals surface area contributed by atoms with Crippen LogP contribution in [0.15, 0.2) is 36.8 Å². The molecule has 3 rings (SSSR count). The number of aryl methyl sites for hydroxylation is 7. The maximum absolute atomic E-state index is 2.31. The molecule has 2 nitrogen and oxygen atoms in total. The number of imidazole rings is 1. The SMILES string of the molecule is Cc1cc(C)c(-n2c[n+](-c3c(C)cc(C)cc3C)cc2C)c(C)c1. The van der Waals surface area contributed by atoms with Gasteiger partial charge in [-0.05, 0) is 63.8 Å². The number of aromatic nitrogens is 2. The maximum Gasteiger partial charge on any atom is 0.254 e. The summed E-state index contributed by atoms with van der Waals surface area (Å²) in [5, 5.41) is 0. The fraction of sp³-hybridized carbons (Fsp3) is 0.318. The third-order valence-electron chi connectivity index (χ3n) is 4.72. The molecule has 0 saturated heterocycles. The molecule has 0 unspecified atom stereocenters. The number of hydrogen-bond donors (Lipinski definition) is 0. The van der Waals surface area contributed by atoms with Crippen LogP contribution in [-0.2, 0) is 0 Å². The van der Waals surface area contributed by atoms with Crippen molar-refractivity contribution in [1.29, 1.82) is 0 Å². The highest BCUT2D eigenvalue weighted by Crippen LogP contribution is 2.23. The highest BCUT2D eigenvalue weighted by molar-refractivity contribution is 5.50. The molecule has 0 N–H and O–H groups in total. The van der Waals surface area contributed by atoms with E-state index in [1.807, 2.05) is 0 Å². The van der Waals surface area contributed by atoms with Crippen LogP contribution in [0, 0.1) is 48.5 Å². The van der Waals surface area contributed by atoms with Crippen LogP contribution in [-0.4, -0.2) is 4.57 Å². The standard InChI is InChI=1S/C22H27N2/c1-14-8-16(3)21(17(4)9-14)23-12-20(7)24(13-23)22-18(5)10-15(2)11-19(22)6/h8-13H,1-7H3/q+1. The van der Waals surface area contributed by atoms with E-state index in [2.05, 4.69) is 94.4 Å². The average molecular weight is 319 g/mol. The first-order valence-electron chi connectivity index (χ1n) is 8.54. The quantitative estimate of drug-likeness (QED) is 0.593. The Morgan fingerprint density at radius 2 is 1.12 bits per heavy atom. The van der Waals surface area contributed by atoms with Crippen LogP contribution in [0.5, 0.6) is 0 Å². The summed E-state index contributed by atoms with van der Waals surface area (Å²) >= 11 is 0. The van der Waals surface area contributed by atoms with Crippen LogP contribution in [0.25, 0.3) is 11.4 Å². The molecule has 0 saturated carbocycles. The van der Waals surface area contributed by atoms with Gasteiger partial charge in [0.05, 0.1) is 0 Å². The lowest BCUT2D eigenvalue weighted by Crippen LogP contribution is -2.30. The van der Waals surface area contributed by atoms with Gasteiger partial charge in [-0.2, -0.15) is 4.57 Å². The Labute approximate surface area is 145 Å². The molecule has 0 spiro atoms. The molecule has 0 radical (unpaired) electrons. The van der Waals surface area contributed by atoms with Crippen molar-refractivity contribution in [3.8, 4) is 11.4 Å². The van der Waals surface area contributed by atoms with E-state index in [0.29, 0.717) is 0 Å². The zero-order chi connectivity index (χ0) is 17.6. The van der Waals surface area contributed by atoms with Gasteiger partial charge in [0, 0.05) is 6.92 Å². The fourth-order valence-corrected chi connectivity index (χ4v) is 4.00. The van der Waals surface area contributed by atoms with Gasteiger partial charge in [-0.1, -0.05) is 35.4 Å². The fourth-order valence-electron chi connectivity index (χ4n) is 4.00. The Morgan fingerprint density at radius 3 is 1.62 bits per heavy atom. The van der Waals surface area contributed by atoms with E-state index in [0.717, 1.165) is 0 Å². The van der Waals surface area contributed by atoms with Gasteiger partial charge in [-0.25, -0.2) is 4.57 Å². The summed E-state index contributed by atoms with van der Waals surface area (Å²) in [7, 11) is 0. The van der Waals surface area contributed by atoms with E-state index in [9.17, 15) is 0 Å². The summed E-state index contributed by atoms with van der Waals surface area (Å²) in [5.41, 5.74) is 11.7. The van der Waals surface area contributed by atoms with Crippen molar-refractivity contribution in [2.45, 2.75) is 48.5 Å². The van der Waals surface area contributed by atoms with Crippen molar-refractivity contribution in [2.75, 3.05) is 0 Å². The monoisotopic (exact) mass is 319 g/mol. The maximum atomic E-state index is 2.31. The summed E-state index contributed by atoms with van der Waals surface area (Å²) in [6.45, 7) is 15.3. The first-order valence-corrected chi connectivity index (χ1v) is 8.54. The van der Waals surface area contributed by atoms with Gasteiger partial charge in [-0.15, -0.1) is 0 Å². The summed E-state index contributed by atoms with van der Waals surface area (Å²) < 4.78 is 4.57. The molecule has 3 aromatic rings. The molecule has 0 aliphatic heterocycles. The van der Waals surface area contributed by atoms with E-state index in [1.54, 1.807) is 0 Å². The normalized spacial score (nSPS) is 11.1. The van der Waals surface area contributed by atoms with Gasteiger partial charge in [0.1, 0.15) is 23.3 Å². The minimum Gasteiger partial charge on any atom is -0.201 e. The van der Waals surface area contributed by atoms with Gasteiger partial charge in [0.2, 0.25) is 0 Å². The van der Waals surface area contributed by atoms with Crippen LogP contribution >= 0.6 is 0 Å². The Balaban J connectivity index is 2.20. The molecule has 0 amide bonds. The van der Waals surface area contributed by atoms with Gasteiger partial charge in [-0.3, -0.25) is 0 Å². The van der Waals surface area contributed by atoms with Gasteiger partial charge in [0.15, 0.2) is 0 Å². The number of nitrogens with zero attached hydrogens (tertiary/aromatic N) is 2. The Hall–Kier alpha value is -2.35. The lowest BCUT2D eigenvalue weighted by Gasteiger charge is -2.09. The van der Waals surface area contributed by atoms with Gasteiger partial charge in [0.25, 0.3) is 6.33 Å². The van der Waals surface area contributed by atoms with E-state index in [1.165, 1.54) is 50.4 Å². The summed E-state index contributed by atoms with van der Waals surface area (Å²) in [5.74, 6) is 0. The third-order valence-corrected chi connectivity index (χ3v) is 4.72. The molecule has 124 valence electrons. The highest BCUT2D eigenvalue weighted by Gasteiger charge is 2.20. The largest absolute Gasteiger partial charge is 0.254 e. The van der Waals surface area contributed by atoms with E-state index in [4.69, 9.17) is 0 Å². The van der Waals surface area contributed by atoms with Gasteiger partial charge >= 0.3 is 0 Å². The third kappa shape index (κ3) is 2.77. The summed E-state index contributed by atoms with van der Waals surface area (Å²) in [6.07, 6.45) is 4.44. The first kappa shape index (κ1) is 16.5. The number of hydrogen-bond acceptors (Lipinski definition) is 0. The smallest absolute Gasteiger partial charge is 0.201 e. The molecular formula is C22H27N2+. The van der Waals surface area contributed by atoms with Crippen molar-refractivity contribution >= 4 is 0 Å². The van der Waals surface area contributed by atoms with Crippen LogP contribution in [0.3, 0.4) is 0 Å². The second-order valence-electron chi connectivity index (χ2n) is 7.16. The van der Waals surface area contributed by atoms with Crippen molar-refractivity contribution in [1.82, 2.24) is 4.57 Å². The lowest BCUT2D eigenvalue weighted by molar-refractivity contribution is -0.595. The lowest BCUT2D eigenvalue weighted by atomic mass is 10.0. The van der Waals surface area contributed by atoms with Crippen molar-refractivity contribution in [2.24, 2.45) is 0 Å². The molecule has 2 aromatic carbocycles. The topological polar surface area (TPSA) is 8.81 Å². The molecule has 0 aliphatic rings. The molecular weight excluding hydrogens is 292 g/mol. The molecule has 1 heterocycles. The Bertz CT molecular complexity index is 883. The molecule has 0 atom stereocenters. The second kappa shape index (κ2) is 5.94. The second-order valence-corrected chi connectivity index (χ2v) is 7.16. The Morgan fingerprint density at radius 1 is 0.667 bits per heavy atom. The van der Waals surface area contributed by atoms with Crippen LogP contribution in [0.2, 0.25) is 0 Å². The van der Waals surface area contributed by atoms with Gasteiger partial charge < -0.3 is 0 Å². The number of benzene rings is 2. The zero-order valence-corrected chi connectivity index (χ0v) is 15.9. The predicted molar refractivity (Wildman–Crippen MR) is 100 cm³/mol. The molecule has 24 heavy (non-hydrogen) atoms. The van der Waals surface area contributed by atoms with E-state index < -0.39 is 0 Å². The Kier molecular flexibility index (Phi) is 4.08. The zero-order valence-electron chi connectivity index (χ0n) is 15.9. The first-order chi connectivity index (χ1) is 11.3. The van der Waals surface area contributed by atoms with E-state index >= 15 is 0 Å². The molecule has 0 fully saturated rings.